The topological polar surface area (TPSA) is 0 Å². The predicted octanol–water partition coefficient (Wildman–Crippen LogP) is 20.2. The summed E-state index contributed by atoms with van der Waals surface area (Å²) in [6.07, 6.45) is 25.2. The monoisotopic (exact) mass is 877 g/mol. The predicted molar refractivity (Wildman–Crippen MR) is 289 cm³/mol. The van der Waals surface area contributed by atoms with Crippen LogP contribution in [0.3, 0.4) is 0 Å². The lowest BCUT2D eigenvalue weighted by Gasteiger charge is -2.29. The van der Waals surface area contributed by atoms with Gasteiger partial charge in [-0.05, 0) is 183 Å². The molecule has 0 radical (unpaired) electrons. The minimum absolute atomic E-state index is 0.792. The minimum Gasteiger partial charge on any atom is -0.0654 e. The van der Waals surface area contributed by atoms with Crippen molar-refractivity contribution in [2.45, 2.75) is 175 Å². The van der Waals surface area contributed by atoms with Crippen molar-refractivity contribution in [2.75, 3.05) is 0 Å². The average Bonchev–Trinajstić information content (AvgIpc) is 3.37. The Kier molecular flexibility index (Phi) is 19.0. The second kappa shape index (κ2) is 25.5. The summed E-state index contributed by atoms with van der Waals surface area (Å²) in [5, 5.41) is 0. The van der Waals surface area contributed by atoms with E-state index < -0.39 is 0 Å². The summed E-state index contributed by atoms with van der Waals surface area (Å²) < 4.78 is 0. The number of unbranched alkanes of at least 4 members (excludes halogenated alkanes) is 1. The standard InChI is InChI=1S/C23H30.C22H28.C21H26/c1-3-4-5-19-8-12-21(13-9-19)23-16-14-22(15-17-23)20-10-6-18(2)7-11-20;1-3-4-18-7-11-20(12-8-18)22-15-13-21(14-16-22)19-9-5-17(2)6-10-19;1-3-17-6-10-19(11-7-17)21-14-12-20(13-15-21)18-8-4-16(2)5-9-18/h6-7,10-11,14-17,19,21H,3-5,8-9,12-13H2,1-2H3;5-6,9-10,13-16,18,20H,3-4,7-8,11-12H2,1-2H3;4-5,8-9,12-15,17,19H,3,6-7,10-11H2,1-2H3. The zero-order valence-corrected chi connectivity index (χ0v) is 42.0. The Balaban J connectivity index is 0.000000147. The summed E-state index contributed by atoms with van der Waals surface area (Å²) in [7, 11) is 0. The molecule has 6 aromatic carbocycles. The van der Waals surface area contributed by atoms with Crippen LogP contribution >= 0.6 is 0 Å². The molecular formula is C66H84. The van der Waals surface area contributed by atoms with Gasteiger partial charge in [-0.15, -0.1) is 0 Å². The summed E-state index contributed by atoms with van der Waals surface area (Å²) in [5.74, 6) is 5.35. The van der Waals surface area contributed by atoms with Gasteiger partial charge in [-0.2, -0.15) is 0 Å². The Labute approximate surface area is 403 Å². The summed E-state index contributed by atoms with van der Waals surface area (Å²) in [6.45, 7) is 13.4. The van der Waals surface area contributed by atoms with Gasteiger partial charge in [0.05, 0.1) is 0 Å². The molecule has 9 rings (SSSR count). The fourth-order valence-corrected chi connectivity index (χ4v) is 11.5. The van der Waals surface area contributed by atoms with Gasteiger partial charge in [0, 0.05) is 0 Å². The molecule has 66 heavy (non-hydrogen) atoms. The fraction of sp³-hybridized carbons (Fsp3) is 0.455. The molecule has 0 heteroatoms. The Morgan fingerprint density at radius 3 is 0.803 bits per heavy atom. The van der Waals surface area contributed by atoms with E-state index >= 15 is 0 Å². The van der Waals surface area contributed by atoms with Crippen LogP contribution in [0.15, 0.2) is 146 Å². The average molecular weight is 877 g/mol. The highest BCUT2D eigenvalue weighted by atomic mass is 14.3. The summed E-state index contributed by atoms with van der Waals surface area (Å²) >= 11 is 0. The molecule has 3 fully saturated rings. The van der Waals surface area contributed by atoms with E-state index in [0.717, 1.165) is 35.5 Å². The van der Waals surface area contributed by atoms with E-state index in [1.54, 1.807) is 16.7 Å². The highest BCUT2D eigenvalue weighted by molar-refractivity contribution is 5.66. The van der Waals surface area contributed by atoms with Gasteiger partial charge in [-0.3, -0.25) is 0 Å². The van der Waals surface area contributed by atoms with Crippen LogP contribution in [0.25, 0.3) is 33.4 Å². The lowest BCUT2D eigenvalue weighted by molar-refractivity contribution is 0.304. The number of hydrogen-bond acceptors (Lipinski definition) is 0. The van der Waals surface area contributed by atoms with Gasteiger partial charge in [0.15, 0.2) is 0 Å². The highest BCUT2D eigenvalue weighted by Gasteiger charge is 2.24. The molecule has 3 saturated carbocycles. The van der Waals surface area contributed by atoms with Crippen LogP contribution in [0, 0.1) is 38.5 Å². The van der Waals surface area contributed by atoms with Gasteiger partial charge in [0.25, 0.3) is 0 Å². The zero-order chi connectivity index (χ0) is 46.1. The largest absolute Gasteiger partial charge is 0.0654 e. The first-order chi connectivity index (χ1) is 32.3. The number of benzene rings is 6. The Morgan fingerprint density at radius 2 is 0.545 bits per heavy atom. The van der Waals surface area contributed by atoms with Gasteiger partial charge in [0.1, 0.15) is 0 Å². The first-order valence-electron chi connectivity index (χ1n) is 26.8. The first-order valence-corrected chi connectivity index (χ1v) is 26.8. The van der Waals surface area contributed by atoms with Crippen molar-refractivity contribution >= 4 is 0 Å². The van der Waals surface area contributed by atoms with E-state index in [-0.39, 0.29) is 0 Å². The van der Waals surface area contributed by atoms with Crippen LogP contribution in [0.4, 0.5) is 0 Å². The van der Waals surface area contributed by atoms with Crippen molar-refractivity contribution in [1.82, 2.24) is 0 Å². The van der Waals surface area contributed by atoms with Crippen molar-refractivity contribution in [1.29, 1.82) is 0 Å². The Morgan fingerprint density at radius 1 is 0.288 bits per heavy atom. The number of rotatable bonds is 12. The maximum absolute atomic E-state index is 2.37. The lowest BCUT2D eigenvalue weighted by atomic mass is 9.77. The molecule has 0 aliphatic heterocycles. The van der Waals surface area contributed by atoms with E-state index in [9.17, 15) is 0 Å². The number of hydrogen-bond donors (Lipinski definition) is 0. The molecule has 0 bridgehead atoms. The molecule has 3 aliphatic rings. The molecule has 0 nitrogen and oxygen atoms in total. The third-order valence-corrected chi connectivity index (χ3v) is 16.1. The number of aryl methyl sites for hydroxylation is 3. The van der Waals surface area contributed by atoms with Gasteiger partial charge >= 0.3 is 0 Å². The van der Waals surface area contributed by atoms with Crippen LogP contribution in [0.2, 0.25) is 0 Å². The smallest absolute Gasteiger partial charge is 0.0162 e. The zero-order valence-electron chi connectivity index (χ0n) is 42.0. The third-order valence-electron chi connectivity index (χ3n) is 16.1. The maximum atomic E-state index is 2.37. The molecule has 0 unspecified atom stereocenters. The molecular weight excluding hydrogens is 793 g/mol. The second-order valence-corrected chi connectivity index (χ2v) is 21.0. The molecule has 0 spiro atoms. The molecule has 0 saturated heterocycles. The normalized spacial score (nSPS) is 21.7. The quantitative estimate of drug-likeness (QED) is 0.115. The van der Waals surface area contributed by atoms with Crippen molar-refractivity contribution < 1.29 is 0 Å². The minimum atomic E-state index is 0.792. The van der Waals surface area contributed by atoms with Crippen LogP contribution in [0.5, 0.6) is 0 Å². The van der Waals surface area contributed by atoms with Crippen LogP contribution in [-0.4, -0.2) is 0 Å². The van der Waals surface area contributed by atoms with E-state index in [4.69, 9.17) is 0 Å². The molecule has 0 heterocycles. The first kappa shape index (κ1) is 49.2. The summed E-state index contributed by atoms with van der Waals surface area (Å²) in [4.78, 5) is 0. The maximum Gasteiger partial charge on any atom is -0.0162 e. The van der Waals surface area contributed by atoms with Crippen molar-refractivity contribution in [3.63, 3.8) is 0 Å². The van der Waals surface area contributed by atoms with Gasteiger partial charge < -0.3 is 0 Å². The van der Waals surface area contributed by atoms with Crippen LogP contribution in [-0.2, 0) is 0 Å². The second-order valence-electron chi connectivity index (χ2n) is 21.0. The van der Waals surface area contributed by atoms with E-state index in [1.165, 1.54) is 166 Å². The molecule has 0 aromatic heterocycles. The Hall–Kier alpha value is -4.68. The van der Waals surface area contributed by atoms with Crippen molar-refractivity contribution in [3.05, 3.63) is 179 Å². The molecule has 3 aliphatic carbocycles. The fourth-order valence-electron chi connectivity index (χ4n) is 11.5. The van der Waals surface area contributed by atoms with Crippen LogP contribution in [0.1, 0.15) is 187 Å². The van der Waals surface area contributed by atoms with Gasteiger partial charge in [-0.1, -0.05) is 222 Å². The SMILES string of the molecule is CCC1CCC(c2ccc(-c3ccc(C)cc3)cc2)CC1.CCCC1CCC(c2ccc(-c3ccc(C)cc3)cc2)CC1.CCCCC1CCC(c2ccc(-c3ccc(C)cc3)cc2)CC1. The van der Waals surface area contributed by atoms with Gasteiger partial charge in [0.2, 0.25) is 0 Å². The Bertz CT molecular complexity index is 2230. The van der Waals surface area contributed by atoms with Crippen molar-refractivity contribution in [2.24, 2.45) is 17.8 Å². The van der Waals surface area contributed by atoms with Gasteiger partial charge in [-0.25, -0.2) is 0 Å². The molecule has 0 N–H and O–H groups in total. The summed E-state index contributed by atoms with van der Waals surface area (Å²) in [5.41, 5.74) is 16.6. The van der Waals surface area contributed by atoms with Crippen LogP contribution < -0.4 is 0 Å². The summed E-state index contributed by atoms with van der Waals surface area (Å²) in [6, 6.07) is 54.5. The van der Waals surface area contributed by atoms with E-state index in [1.807, 2.05) is 0 Å². The van der Waals surface area contributed by atoms with Crippen molar-refractivity contribution in [3.8, 4) is 33.4 Å². The molecule has 348 valence electrons. The molecule has 0 atom stereocenters. The highest BCUT2D eigenvalue weighted by Crippen LogP contribution is 2.40. The third kappa shape index (κ3) is 14.4. The van der Waals surface area contributed by atoms with E-state index in [0.29, 0.717) is 0 Å². The van der Waals surface area contributed by atoms with E-state index in [2.05, 4.69) is 187 Å². The molecule has 6 aromatic rings. The molecule has 0 amide bonds. The lowest BCUT2D eigenvalue weighted by Crippen LogP contribution is -2.13.